The lowest BCUT2D eigenvalue weighted by Gasteiger charge is -2.38. The zero-order valence-corrected chi connectivity index (χ0v) is 29.9. The first kappa shape index (κ1) is 38.2. The summed E-state index contributed by atoms with van der Waals surface area (Å²) in [6.45, 7) is 6.86. The molecule has 0 saturated carbocycles. The van der Waals surface area contributed by atoms with Gasteiger partial charge in [0, 0.05) is 25.6 Å². The van der Waals surface area contributed by atoms with Gasteiger partial charge in [0.05, 0.1) is 43.0 Å². The molecule has 1 unspecified atom stereocenters. The van der Waals surface area contributed by atoms with E-state index in [4.69, 9.17) is 14.2 Å². The molecule has 4 aromatic rings. The number of fused-ring (bicyclic) bond motifs is 1. The van der Waals surface area contributed by atoms with Crippen molar-refractivity contribution in [3.63, 3.8) is 0 Å². The van der Waals surface area contributed by atoms with Crippen LogP contribution in [0.5, 0.6) is 23.0 Å². The number of ether oxygens (including phenoxy) is 3. The molecule has 3 atom stereocenters. The largest absolute Gasteiger partial charge is 0.493 e. The van der Waals surface area contributed by atoms with Crippen molar-refractivity contribution in [2.45, 2.75) is 52.1 Å². The number of anilines is 1. The molecule has 1 heterocycles. The highest BCUT2D eigenvalue weighted by atomic mass is 19.4. The molecule has 52 heavy (non-hydrogen) atoms. The van der Waals surface area contributed by atoms with Gasteiger partial charge < -0.3 is 29.5 Å². The number of methoxy groups -OCH3 is 1. The molecule has 1 aliphatic heterocycles. The number of para-hydroxylation sites is 1. The normalized spacial score (nSPS) is 16.7. The van der Waals surface area contributed by atoms with Crippen LogP contribution in [-0.4, -0.2) is 72.7 Å². The number of aliphatic hydroxyl groups excluding tert-OH is 1. The van der Waals surface area contributed by atoms with Crippen LogP contribution in [0.25, 0.3) is 0 Å². The number of benzene rings is 4. The second kappa shape index (κ2) is 16.5. The number of aryl methyl sites for hydroxylation is 1. The number of alkyl halides is 3. The first-order valence-corrected chi connectivity index (χ1v) is 17.0. The summed E-state index contributed by atoms with van der Waals surface area (Å²) in [5.74, 6) is 1.12. The monoisotopic (exact) mass is 719 g/mol. The molecule has 0 aromatic heterocycles. The van der Waals surface area contributed by atoms with Gasteiger partial charge in [0.25, 0.3) is 5.91 Å². The minimum Gasteiger partial charge on any atom is -0.493 e. The van der Waals surface area contributed by atoms with Gasteiger partial charge in [-0.3, -0.25) is 14.5 Å². The van der Waals surface area contributed by atoms with E-state index >= 15 is 0 Å². The predicted octanol–water partition coefficient (Wildman–Crippen LogP) is 7.35. The molecular formula is C40H44F3N3O6. The van der Waals surface area contributed by atoms with Gasteiger partial charge in [0.1, 0.15) is 11.9 Å². The van der Waals surface area contributed by atoms with Crippen molar-refractivity contribution >= 4 is 17.5 Å². The molecule has 0 spiro atoms. The Morgan fingerprint density at radius 1 is 1.04 bits per heavy atom. The molecule has 2 N–H and O–H groups in total. The number of carbonyl (C=O) groups is 2. The summed E-state index contributed by atoms with van der Waals surface area (Å²) in [4.78, 5) is 30.7. The Labute approximate surface area is 301 Å². The SMILES string of the molecule is COc1cc(C)ccc1Oc1ccc(CN(C)C[C@H]2Oc3c(NC(=O)Cc4ccc(C(F)(F)F)cc4)cccc3C(=O)N(C(C)CO)C[C@H]2C)cc1. The first-order valence-electron chi connectivity index (χ1n) is 17.0. The Hall–Kier alpha value is -5.07. The van der Waals surface area contributed by atoms with Crippen LogP contribution in [0, 0.1) is 12.8 Å². The summed E-state index contributed by atoms with van der Waals surface area (Å²) in [5.41, 5.74) is 2.19. The van der Waals surface area contributed by atoms with Crippen LogP contribution in [0.2, 0.25) is 0 Å². The minimum atomic E-state index is -4.48. The Kier molecular flexibility index (Phi) is 12.1. The summed E-state index contributed by atoms with van der Waals surface area (Å²) >= 11 is 0. The molecule has 5 rings (SSSR count). The van der Waals surface area contributed by atoms with E-state index in [-0.39, 0.29) is 41.9 Å². The first-order chi connectivity index (χ1) is 24.7. The fourth-order valence-electron chi connectivity index (χ4n) is 6.08. The maximum absolute atomic E-state index is 13.8. The molecule has 0 fully saturated rings. The molecule has 276 valence electrons. The average Bonchev–Trinajstić information content (AvgIpc) is 3.11. The third-order valence-electron chi connectivity index (χ3n) is 9.03. The zero-order chi connectivity index (χ0) is 37.6. The third-order valence-corrected chi connectivity index (χ3v) is 9.03. The van der Waals surface area contributed by atoms with E-state index in [0.29, 0.717) is 42.4 Å². The van der Waals surface area contributed by atoms with Gasteiger partial charge >= 0.3 is 6.18 Å². The highest BCUT2D eigenvalue weighted by molar-refractivity contribution is 6.02. The van der Waals surface area contributed by atoms with E-state index < -0.39 is 29.8 Å². The van der Waals surface area contributed by atoms with E-state index in [9.17, 15) is 27.9 Å². The van der Waals surface area contributed by atoms with Gasteiger partial charge in [-0.2, -0.15) is 13.2 Å². The third kappa shape index (κ3) is 9.42. The quantitative estimate of drug-likeness (QED) is 0.158. The highest BCUT2D eigenvalue weighted by Crippen LogP contribution is 2.36. The van der Waals surface area contributed by atoms with Crippen LogP contribution in [0.3, 0.4) is 0 Å². The van der Waals surface area contributed by atoms with Crippen LogP contribution >= 0.6 is 0 Å². The van der Waals surface area contributed by atoms with Gasteiger partial charge in [-0.15, -0.1) is 0 Å². The molecule has 2 amide bonds. The number of aliphatic hydroxyl groups is 1. The fraction of sp³-hybridized carbons (Fsp3) is 0.350. The lowest BCUT2D eigenvalue weighted by atomic mass is 9.98. The van der Waals surface area contributed by atoms with Gasteiger partial charge in [-0.05, 0) is 86.1 Å². The van der Waals surface area contributed by atoms with E-state index in [2.05, 4.69) is 10.2 Å². The summed E-state index contributed by atoms with van der Waals surface area (Å²) in [5, 5.41) is 12.8. The van der Waals surface area contributed by atoms with Crippen molar-refractivity contribution in [2.75, 3.05) is 39.2 Å². The standard InChI is InChI=1S/C40H44F3N3O6/c1-25-9-18-34(35(19-25)50-5)51-31-16-12-29(13-17-31)22-45(4)23-36-26(2)21-46(27(3)24-47)39(49)32-7-6-8-33(38(32)52-36)44-37(48)20-28-10-14-30(15-11-28)40(41,42)43/h6-19,26-27,36,47H,20-24H2,1-5H3,(H,44,48)/t26-,27?,36-/m1/s1. The lowest BCUT2D eigenvalue weighted by Crippen LogP contribution is -2.49. The Balaban J connectivity index is 1.33. The molecule has 4 aromatic carbocycles. The average molecular weight is 720 g/mol. The van der Waals surface area contributed by atoms with Crippen molar-refractivity contribution in [1.82, 2.24) is 9.80 Å². The fourth-order valence-corrected chi connectivity index (χ4v) is 6.08. The molecule has 1 aliphatic rings. The van der Waals surface area contributed by atoms with Gasteiger partial charge in [0.2, 0.25) is 5.91 Å². The minimum absolute atomic E-state index is 0.176. The summed E-state index contributed by atoms with van der Waals surface area (Å²) in [6, 6.07) is 22.3. The van der Waals surface area contributed by atoms with Crippen molar-refractivity contribution in [3.05, 3.63) is 113 Å². The van der Waals surface area contributed by atoms with Crippen LogP contribution in [0.15, 0.2) is 84.9 Å². The summed E-state index contributed by atoms with van der Waals surface area (Å²) < 4.78 is 57.2. The smallest absolute Gasteiger partial charge is 0.416 e. The summed E-state index contributed by atoms with van der Waals surface area (Å²) in [7, 11) is 3.57. The van der Waals surface area contributed by atoms with E-state index in [1.54, 1.807) is 37.1 Å². The number of carbonyl (C=O) groups excluding carboxylic acids is 2. The van der Waals surface area contributed by atoms with Crippen molar-refractivity contribution in [2.24, 2.45) is 5.92 Å². The lowest BCUT2D eigenvalue weighted by molar-refractivity contribution is -0.137. The maximum atomic E-state index is 13.8. The molecule has 12 heteroatoms. The number of hydrogen-bond acceptors (Lipinski definition) is 7. The number of amides is 2. The number of halogens is 3. The molecule has 0 bridgehead atoms. The van der Waals surface area contributed by atoms with Crippen molar-refractivity contribution in [3.8, 4) is 23.0 Å². The van der Waals surface area contributed by atoms with E-state index in [0.717, 1.165) is 23.3 Å². The number of likely N-dealkylation sites (N-methyl/N-ethyl adjacent to an activating group) is 1. The number of hydrogen-bond donors (Lipinski definition) is 2. The molecule has 9 nitrogen and oxygen atoms in total. The number of nitrogens with zero attached hydrogens (tertiary/aromatic N) is 2. The molecule has 0 radical (unpaired) electrons. The number of rotatable bonds is 12. The van der Waals surface area contributed by atoms with E-state index in [1.165, 1.54) is 12.1 Å². The van der Waals surface area contributed by atoms with Crippen molar-refractivity contribution in [1.29, 1.82) is 0 Å². The van der Waals surface area contributed by atoms with Crippen LogP contribution in [-0.2, 0) is 23.9 Å². The maximum Gasteiger partial charge on any atom is 0.416 e. The Morgan fingerprint density at radius 3 is 2.38 bits per heavy atom. The van der Waals surface area contributed by atoms with Crippen molar-refractivity contribution < 1.29 is 42.1 Å². The molecule has 0 aliphatic carbocycles. The zero-order valence-electron chi connectivity index (χ0n) is 29.9. The molecule has 0 saturated heterocycles. The van der Waals surface area contributed by atoms with Crippen LogP contribution in [0.1, 0.15) is 46.5 Å². The summed E-state index contributed by atoms with van der Waals surface area (Å²) in [6.07, 6.45) is -5.10. The van der Waals surface area contributed by atoms with Gasteiger partial charge in [-0.25, -0.2) is 0 Å². The Bertz CT molecular complexity index is 1850. The van der Waals surface area contributed by atoms with Gasteiger partial charge in [-0.1, -0.05) is 43.3 Å². The second-order valence-electron chi connectivity index (χ2n) is 13.3. The number of nitrogens with one attached hydrogen (secondary N) is 1. The molecular weight excluding hydrogens is 675 g/mol. The predicted molar refractivity (Wildman–Crippen MR) is 192 cm³/mol. The Morgan fingerprint density at radius 2 is 1.73 bits per heavy atom. The highest BCUT2D eigenvalue weighted by Gasteiger charge is 2.35. The van der Waals surface area contributed by atoms with Gasteiger partial charge in [0.15, 0.2) is 17.2 Å². The van der Waals surface area contributed by atoms with Crippen LogP contribution < -0.4 is 19.5 Å². The van der Waals surface area contributed by atoms with Crippen LogP contribution in [0.4, 0.5) is 18.9 Å². The second-order valence-corrected chi connectivity index (χ2v) is 13.3. The van der Waals surface area contributed by atoms with E-state index in [1.807, 2.05) is 63.4 Å². The topological polar surface area (TPSA) is 101 Å².